The van der Waals surface area contributed by atoms with Crippen molar-refractivity contribution in [1.82, 2.24) is 20.3 Å². The third-order valence-corrected chi connectivity index (χ3v) is 4.07. The van der Waals surface area contributed by atoms with Crippen molar-refractivity contribution in [1.29, 1.82) is 5.41 Å². The second kappa shape index (κ2) is 7.51. The summed E-state index contributed by atoms with van der Waals surface area (Å²) in [5.41, 5.74) is 8.53. The van der Waals surface area contributed by atoms with Gasteiger partial charge in [-0.05, 0) is 18.2 Å². The Morgan fingerprint density at radius 2 is 2.19 bits per heavy atom. The zero-order valence-corrected chi connectivity index (χ0v) is 14.8. The second-order valence-corrected chi connectivity index (χ2v) is 5.95. The van der Waals surface area contributed by atoms with Crippen molar-refractivity contribution in [3.05, 3.63) is 52.4 Å². The van der Waals surface area contributed by atoms with Crippen LogP contribution in [0.3, 0.4) is 0 Å². The van der Waals surface area contributed by atoms with Crippen LogP contribution in [0.15, 0.2) is 30.6 Å². The van der Waals surface area contributed by atoms with Crippen LogP contribution in [0, 0.1) is 5.41 Å². The molecule has 9 heteroatoms. The van der Waals surface area contributed by atoms with Gasteiger partial charge in [0.2, 0.25) is 0 Å². The zero-order valence-electron chi connectivity index (χ0n) is 14.1. The van der Waals surface area contributed by atoms with Gasteiger partial charge in [0, 0.05) is 42.6 Å². The van der Waals surface area contributed by atoms with Crippen LogP contribution >= 0.6 is 11.6 Å². The molecule has 0 atom stereocenters. The molecule has 0 unspecified atom stereocenters. The summed E-state index contributed by atoms with van der Waals surface area (Å²) in [6, 6.07) is 5.19. The molecule has 6 N–H and O–H groups in total. The monoisotopic (exact) mass is 371 g/mol. The van der Waals surface area contributed by atoms with Crippen molar-refractivity contribution < 1.29 is 4.79 Å². The summed E-state index contributed by atoms with van der Waals surface area (Å²) >= 11 is 6.01. The van der Waals surface area contributed by atoms with Crippen LogP contribution in [0.2, 0.25) is 5.02 Å². The van der Waals surface area contributed by atoms with Gasteiger partial charge in [0.25, 0.3) is 5.91 Å². The van der Waals surface area contributed by atoms with E-state index in [0.29, 0.717) is 51.8 Å². The fourth-order valence-electron chi connectivity index (χ4n) is 2.55. The maximum Gasteiger partial charge on any atom is 0.255 e. The molecule has 0 saturated carbocycles. The summed E-state index contributed by atoms with van der Waals surface area (Å²) in [7, 11) is 1.75. The number of aromatic nitrogens is 3. The van der Waals surface area contributed by atoms with Crippen LogP contribution in [0.1, 0.15) is 21.6 Å². The number of carbonyl (C=O) groups excluding carboxylic acids is 1. The normalized spacial score (nSPS) is 10.7. The lowest BCUT2D eigenvalue weighted by Gasteiger charge is -2.10. The first-order valence-electron chi connectivity index (χ1n) is 7.94. The highest BCUT2D eigenvalue weighted by Crippen LogP contribution is 2.23. The lowest BCUT2D eigenvalue weighted by Crippen LogP contribution is -2.28. The lowest BCUT2D eigenvalue weighted by atomic mass is 10.1. The van der Waals surface area contributed by atoms with E-state index < -0.39 is 0 Å². The number of rotatable bonds is 6. The number of nitrogens with zero attached hydrogens (tertiary/aromatic N) is 2. The Labute approximate surface area is 154 Å². The van der Waals surface area contributed by atoms with Gasteiger partial charge in [0.1, 0.15) is 11.2 Å². The molecule has 8 nitrogen and oxygen atoms in total. The Balaban J connectivity index is 2.01. The molecule has 2 aromatic heterocycles. The molecule has 0 spiro atoms. The van der Waals surface area contributed by atoms with Crippen molar-refractivity contribution >= 4 is 40.1 Å². The van der Waals surface area contributed by atoms with E-state index in [1.54, 1.807) is 31.4 Å². The number of anilines is 1. The van der Waals surface area contributed by atoms with Crippen molar-refractivity contribution in [2.24, 2.45) is 5.73 Å². The maximum absolute atomic E-state index is 12.2. The number of benzene rings is 1. The van der Waals surface area contributed by atoms with E-state index in [1.165, 1.54) is 6.20 Å². The third-order valence-electron chi connectivity index (χ3n) is 3.83. The van der Waals surface area contributed by atoms with E-state index in [-0.39, 0.29) is 11.6 Å². The molecule has 3 rings (SSSR count). The number of hydrogen-bond donors (Lipinski definition) is 5. The van der Waals surface area contributed by atoms with Crippen LogP contribution in [0.4, 0.5) is 5.69 Å². The molecule has 0 aliphatic heterocycles. The number of hydrogen-bond acceptors (Lipinski definition) is 6. The fraction of sp³-hybridized carbons (Fsp3) is 0.176. The molecule has 2 heterocycles. The standard InChI is InChI=1S/C17H18ClN7O/c1-21-12-6-9(18)2-3-10(12)14(20)13-8-24-16-15(25-13)11(7-23-16)17(26)22-5-4-19/h2-3,6-8,20-21H,4-5,19H2,1H3,(H,22,26)(H,23,24). The molecule has 0 bridgehead atoms. The number of amides is 1. The fourth-order valence-corrected chi connectivity index (χ4v) is 2.72. The van der Waals surface area contributed by atoms with E-state index in [4.69, 9.17) is 22.7 Å². The minimum absolute atomic E-state index is 0.176. The topological polar surface area (TPSA) is 133 Å². The minimum atomic E-state index is -0.290. The van der Waals surface area contributed by atoms with Gasteiger partial charge >= 0.3 is 0 Å². The predicted octanol–water partition coefficient (Wildman–Crippen LogP) is 1.76. The molecule has 0 aliphatic rings. The van der Waals surface area contributed by atoms with E-state index in [2.05, 4.69) is 25.6 Å². The number of aromatic amines is 1. The quantitative estimate of drug-likeness (QED) is 0.421. The first kappa shape index (κ1) is 17.8. The highest BCUT2D eigenvalue weighted by atomic mass is 35.5. The van der Waals surface area contributed by atoms with Gasteiger partial charge in [-0.2, -0.15) is 0 Å². The zero-order chi connectivity index (χ0) is 18.7. The van der Waals surface area contributed by atoms with E-state index in [9.17, 15) is 4.79 Å². The van der Waals surface area contributed by atoms with Gasteiger partial charge in [0.05, 0.1) is 17.5 Å². The Kier molecular flexibility index (Phi) is 5.15. The number of nitrogens with two attached hydrogens (primary N) is 1. The molecule has 134 valence electrons. The first-order chi connectivity index (χ1) is 12.5. The van der Waals surface area contributed by atoms with Gasteiger partial charge in [-0.1, -0.05) is 11.6 Å². The molecule has 0 fully saturated rings. The van der Waals surface area contributed by atoms with Crippen molar-refractivity contribution in [2.75, 3.05) is 25.5 Å². The van der Waals surface area contributed by atoms with Crippen LogP contribution < -0.4 is 16.4 Å². The molecule has 26 heavy (non-hydrogen) atoms. The highest BCUT2D eigenvalue weighted by Gasteiger charge is 2.17. The van der Waals surface area contributed by atoms with Crippen molar-refractivity contribution in [3.63, 3.8) is 0 Å². The molecule has 0 saturated heterocycles. The van der Waals surface area contributed by atoms with Crippen LogP contribution in [-0.4, -0.2) is 46.7 Å². The predicted molar refractivity (Wildman–Crippen MR) is 102 cm³/mol. The van der Waals surface area contributed by atoms with Gasteiger partial charge in [-0.25, -0.2) is 9.97 Å². The molecular weight excluding hydrogens is 354 g/mol. The number of carbonyl (C=O) groups is 1. The lowest BCUT2D eigenvalue weighted by molar-refractivity contribution is 0.0956. The SMILES string of the molecule is CNc1cc(Cl)ccc1C(=N)c1cnc2[nH]cc(C(=O)NCCN)c2n1. The third kappa shape index (κ3) is 3.37. The Hall–Kier alpha value is -2.97. The Morgan fingerprint density at radius 3 is 2.92 bits per heavy atom. The van der Waals surface area contributed by atoms with Crippen molar-refractivity contribution in [3.8, 4) is 0 Å². The van der Waals surface area contributed by atoms with Gasteiger partial charge < -0.3 is 21.4 Å². The van der Waals surface area contributed by atoms with Gasteiger partial charge in [-0.3, -0.25) is 10.2 Å². The molecule has 0 aliphatic carbocycles. The van der Waals surface area contributed by atoms with Gasteiger partial charge in [0.15, 0.2) is 5.65 Å². The Bertz CT molecular complexity index is 982. The summed E-state index contributed by atoms with van der Waals surface area (Å²) in [4.78, 5) is 23.9. The molecule has 3 aromatic rings. The average Bonchev–Trinajstić information content (AvgIpc) is 3.08. The number of H-pyrrole nitrogens is 1. The van der Waals surface area contributed by atoms with E-state index in [0.717, 1.165) is 0 Å². The van der Waals surface area contributed by atoms with E-state index in [1.807, 2.05) is 0 Å². The summed E-state index contributed by atoms with van der Waals surface area (Å²) < 4.78 is 0. The maximum atomic E-state index is 12.2. The summed E-state index contributed by atoms with van der Waals surface area (Å²) in [5.74, 6) is -0.290. The van der Waals surface area contributed by atoms with Crippen LogP contribution in [0.5, 0.6) is 0 Å². The molecular formula is C17H18ClN7O. The number of halogens is 1. The Morgan fingerprint density at radius 1 is 1.38 bits per heavy atom. The summed E-state index contributed by atoms with van der Waals surface area (Å²) in [6.45, 7) is 0.712. The first-order valence-corrected chi connectivity index (χ1v) is 8.32. The molecule has 1 amide bonds. The number of fused-ring (bicyclic) bond motifs is 1. The minimum Gasteiger partial charge on any atom is -0.388 e. The average molecular weight is 372 g/mol. The molecule has 1 aromatic carbocycles. The largest absolute Gasteiger partial charge is 0.388 e. The highest BCUT2D eigenvalue weighted by molar-refractivity contribution is 6.31. The smallest absolute Gasteiger partial charge is 0.255 e. The van der Waals surface area contributed by atoms with E-state index >= 15 is 0 Å². The van der Waals surface area contributed by atoms with Crippen LogP contribution in [0.25, 0.3) is 11.2 Å². The number of nitrogens with one attached hydrogen (secondary N) is 4. The summed E-state index contributed by atoms with van der Waals surface area (Å²) in [6.07, 6.45) is 3.04. The van der Waals surface area contributed by atoms with Crippen molar-refractivity contribution in [2.45, 2.75) is 0 Å². The summed E-state index contributed by atoms with van der Waals surface area (Å²) in [5, 5.41) is 14.8. The van der Waals surface area contributed by atoms with Gasteiger partial charge in [-0.15, -0.1) is 0 Å². The molecule has 0 radical (unpaired) electrons. The second-order valence-electron chi connectivity index (χ2n) is 5.51. The van der Waals surface area contributed by atoms with Crippen LogP contribution in [-0.2, 0) is 0 Å².